The molecule has 0 aromatic carbocycles. The molecule has 0 saturated heterocycles. The van der Waals surface area contributed by atoms with Crippen molar-refractivity contribution in [3.05, 3.63) is 20.7 Å². The van der Waals surface area contributed by atoms with Crippen molar-refractivity contribution >= 4 is 37.8 Å². The van der Waals surface area contributed by atoms with Gasteiger partial charge in [0.25, 0.3) is 5.91 Å². The Kier molecular flexibility index (Phi) is 5.61. The lowest BCUT2D eigenvalue weighted by molar-refractivity contribution is -0.116. The van der Waals surface area contributed by atoms with E-state index in [1.807, 2.05) is 6.08 Å². The van der Waals surface area contributed by atoms with Gasteiger partial charge in [0.1, 0.15) is 0 Å². The molecule has 1 heterocycles. The van der Waals surface area contributed by atoms with Crippen molar-refractivity contribution < 1.29 is 4.79 Å². The maximum atomic E-state index is 11.5. The van der Waals surface area contributed by atoms with Crippen LogP contribution in [0.25, 0.3) is 0 Å². The molecule has 0 atom stereocenters. The number of allylic oxidation sites excluding steroid dienone is 1. The second-order valence-electron chi connectivity index (χ2n) is 3.61. The van der Waals surface area contributed by atoms with Crippen LogP contribution in [0.1, 0.15) is 39.0 Å². The molecule has 0 unspecified atom stereocenters. The number of amides is 1. The SMILES string of the molecule is CCCCCCC1=CC(=C(Br)Br)NC1=O. The van der Waals surface area contributed by atoms with E-state index < -0.39 is 0 Å². The van der Waals surface area contributed by atoms with Gasteiger partial charge in [-0.25, -0.2) is 0 Å². The van der Waals surface area contributed by atoms with Gasteiger partial charge in [-0.15, -0.1) is 0 Å². The monoisotopic (exact) mass is 335 g/mol. The summed E-state index contributed by atoms with van der Waals surface area (Å²) in [4.78, 5) is 11.5. The van der Waals surface area contributed by atoms with Crippen molar-refractivity contribution in [2.24, 2.45) is 0 Å². The smallest absolute Gasteiger partial charge is 0.251 e. The Balaban J connectivity index is 2.45. The highest BCUT2D eigenvalue weighted by atomic mass is 79.9. The van der Waals surface area contributed by atoms with Crippen LogP contribution in [0, 0.1) is 0 Å². The third-order valence-corrected chi connectivity index (χ3v) is 3.22. The molecule has 0 aromatic rings. The third kappa shape index (κ3) is 4.11. The lowest BCUT2D eigenvalue weighted by Gasteiger charge is -1.99. The fourth-order valence-corrected chi connectivity index (χ4v) is 1.94. The molecule has 0 spiro atoms. The Morgan fingerprint density at radius 2 is 2.07 bits per heavy atom. The van der Waals surface area contributed by atoms with E-state index in [-0.39, 0.29) is 5.91 Å². The van der Waals surface area contributed by atoms with Gasteiger partial charge in [0, 0.05) is 5.57 Å². The van der Waals surface area contributed by atoms with E-state index in [4.69, 9.17) is 0 Å². The predicted molar refractivity (Wildman–Crippen MR) is 69.9 cm³/mol. The van der Waals surface area contributed by atoms with Crippen molar-refractivity contribution in [3.8, 4) is 0 Å². The lowest BCUT2D eigenvalue weighted by atomic mass is 10.1. The second kappa shape index (κ2) is 6.48. The van der Waals surface area contributed by atoms with Crippen molar-refractivity contribution in [1.29, 1.82) is 0 Å². The Morgan fingerprint density at radius 1 is 1.33 bits per heavy atom. The molecule has 1 rings (SSSR count). The molecule has 0 saturated carbocycles. The van der Waals surface area contributed by atoms with Crippen LogP contribution in [0.5, 0.6) is 0 Å². The molecule has 0 bridgehead atoms. The highest BCUT2D eigenvalue weighted by molar-refractivity contribution is 9.28. The maximum absolute atomic E-state index is 11.5. The molecule has 1 aliphatic rings. The molecule has 1 amide bonds. The van der Waals surface area contributed by atoms with Gasteiger partial charge in [0.15, 0.2) is 0 Å². The molecule has 1 aliphatic heterocycles. The molecule has 2 nitrogen and oxygen atoms in total. The van der Waals surface area contributed by atoms with E-state index in [1.165, 1.54) is 19.3 Å². The quantitative estimate of drug-likeness (QED) is 0.756. The van der Waals surface area contributed by atoms with Gasteiger partial charge in [-0.3, -0.25) is 4.79 Å². The number of halogens is 2. The van der Waals surface area contributed by atoms with Crippen LogP contribution < -0.4 is 5.32 Å². The van der Waals surface area contributed by atoms with E-state index in [2.05, 4.69) is 44.1 Å². The molecule has 84 valence electrons. The van der Waals surface area contributed by atoms with Crippen molar-refractivity contribution in [1.82, 2.24) is 5.32 Å². The van der Waals surface area contributed by atoms with Gasteiger partial charge >= 0.3 is 0 Å². The summed E-state index contributed by atoms with van der Waals surface area (Å²) in [5.41, 5.74) is 1.71. The first-order valence-corrected chi connectivity index (χ1v) is 6.81. The Hall–Kier alpha value is -0.0900. The Morgan fingerprint density at radius 3 is 2.60 bits per heavy atom. The zero-order chi connectivity index (χ0) is 11.3. The molecular formula is C11H15Br2NO. The first kappa shape index (κ1) is 13.0. The Labute approximate surface area is 107 Å². The van der Waals surface area contributed by atoms with Gasteiger partial charge in [-0.2, -0.15) is 0 Å². The average Bonchev–Trinajstić information content (AvgIpc) is 2.55. The summed E-state index contributed by atoms with van der Waals surface area (Å²) in [5, 5.41) is 2.80. The lowest BCUT2D eigenvalue weighted by Crippen LogP contribution is -2.16. The summed E-state index contributed by atoms with van der Waals surface area (Å²) in [6.07, 6.45) is 7.56. The maximum Gasteiger partial charge on any atom is 0.251 e. The fourth-order valence-electron chi connectivity index (χ4n) is 1.51. The molecule has 0 fully saturated rings. The topological polar surface area (TPSA) is 29.1 Å². The van der Waals surface area contributed by atoms with Gasteiger partial charge < -0.3 is 5.32 Å². The number of carbonyl (C=O) groups is 1. The van der Waals surface area contributed by atoms with Crippen molar-refractivity contribution in [3.63, 3.8) is 0 Å². The summed E-state index contributed by atoms with van der Waals surface area (Å²) in [6.45, 7) is 2.18. The van der Waals surface area contributed by atoms with Crippen molar-refractivity contribution in [2.45, 2.75) is 39.0 Å². The predicted octanol–water partition coefficient (Wildman–Crippen LogP) is 3.97. The highest BCUT2D eigenvalue weighted by Crippen LogP contribution is 2.25. The van der Waals surface area contributed by atoms with Crippen LogP contribution in [0.3, 0.4) is 0 Å². The third-order valence-electron chi connectivity index (χ3n) is 2.36. The molecule has 0 aromatic heterocycles. The molecule has 1 N–H and O–H groups in total. The largest absolute Gasteiger partial charge is 0.321 e. The minimum Gasteiger partial charge on any atom is -0.321 e. The number of carbonyl (C=O) groups excluding carboxylic acids is 1. The molecule has 4 heteroatoms. The summed E-state index contributed by atoms with van der Waals surface area (Å²) in [6, 6.07) is 0. The normalized spacial score (nSPS) is 15.3. The van der Waals surface area contributed by atoms with E-state index in [0.717, 1.165) is 27.5 Å². The van der Waals surface area contributed by atoms with E-state index in [0.29, 0.717) is 0 Å². The number of nitrogens with one attached hydrogen (secondary N) is 1. The minimum absolute atomic E-state index is 0.0397. The van der Waals surface area contributed by atoms with Crippen LogP contribution in [0.2, 0.25) is 0 Å². The van der Waals surface area contributed by atoms with Crippen LogP contribution in [-0.4, -0.2) is 5.91 Å². The van der Waals surface area contributed by atoms with Crippen LogP contribution in [0.4, 0.5) is 0 Å². The molecule has 15 heavy (non-hydrogen) atoms. The zero-order valence-corrected chi connectivity index (χ0v) is 11.9. The van der Waals surface area contributed by atoms with Gasteiger partial charge in [-0.05, 0) is 50.8 Å². The summed E-state index contributed by atoms with van der Waals surface area (Å²) >= 11 is 6.57. The minimum atomic E-state index is 0.0397. The first-order chi connectivity index (χ1) is 7.15. The van der Waals surface area contributed by atoms with Gasteiger partial charge in [0.05, 0.1) is 9.09 Å². The van der Waals surface area contributed by atoms with E-state index >= 15 is 0 Å². The first-order valence-electron chi connectivity index (χ1n) is 5.22. The number of rotatable bonds is 5. The summed E-state index contributed by atoms with van der Waals surface area (Å²) in [5.74, 6) is 0.0397. The van der Waals surface area contributed by atoms with Crippen LogP contribution >= 0.6 is 31.9 Å². The van der Waals surface area contributed by atoms with Gasteiger partial charge in [-0.1, -0.05) is 26.2 Å². The molecule has 0 aliphatic carbocycles. The summed E-state index contributed by atoms with van der Waals surface area (Å²) < 4.78 is 0.798. The van der Waals surface area contributed by atoms with E-state index in [1.54, 1.807) is 0 Å². The Bertz CT molecular complexity index is 304. The van der Waals surface area contributed by atoms with E-state index in [9.17, 15) is 4.79 Å². The standard InChI is InChI=1S/C11H15Br2NO/c1-2-3-4-5-6-8-7-9(10(12)13)14-11(8)15/h7H,2-6H2,1H3,(H,14,15). The molecular weight excluding hydrogens is 322 g/mol. The number of unbranched alkanes of at least 4 members (excludes halogenated alkanes) is 3. The summed E-state index contributed by atoms with van der Waals surface area (Å²) in [7, 11) is 0. The van der Waals surface area contributed by atoms with Crippen LogP contribution in [0.15, 0.2) is 20.7 Å². The fraction of sp³-hybridized carbons (Fsp3) is 0.545. The van der Waals surface area contributed by atoms with Gasteiger partial charge in [0.2, 0.25) is 0 Å². The van der Waals surface area contributed by atoms with Crippen LogP contribution in [-0.2, 0) is 4.79 Å². The number of hydrogen-bond acceptors (Lipinski definition) is 1. The second-order valence-corrected chi connectivity index (χ2v) is 6.26. The zero-order valence-electron chi connectivity index (χ0n) is 8.78. The average molecular weight is 337 g/mol. The highest BCUT2D eigenvalue weighted by Gasteiger charge is 2.18. The van der Waals surface area contributed by atoms with Crippen molar-refractivity contribution in [2.75, 3.05) is 0 Å². The molecule has 0 radical (unpaired) electrons. The number of hydrogen-bond donors (Lipinski definition) is 1.